The second kappa shape index (κ2) is 8.91. The fourth-order valence-electron chi connectivity index (χ4n) is 2.61. The van der Waals surface area contributed by atoms with Crippen LogP contribution in [0.15, 0.2) is 57.9 Å². The maximum Gasteiger partial charge on any atom is 0.347 e. The van der Waals surface area contributed by atoms with Gasteiger partial charge >= 0.3 is 5.97 Å². The third-order valence-electron chi connectivity index (χ3n) is 4.08. The zero-order valence-corrected chi connectivity index (χ0v) is 16.2. The molecule has 2 aromatic carbocycles. The number of fused-ring (bicyclic) bond motifs is 1. The zero-order chi connectivity index (χ0) is 20.1. The van der Waals surface area contributed by atoms with Crippen LogP contribution in [0.3, 0.4) is 0 Å². The summed E-state index contributed by atoms with van der Waals surface area (Å²) in [5, 5.41) is 1.00. The largest absolute Gasteiger partial charge is 0.479 e. The third-order valence-corrected chi connectivity index (χ3v) is 4.33. The van der Waals surface area contributed by atoms with Crippen LogP contribution in [0.1, 0.15) is 6.92 Å². The Balaban J connectivity index is 1.81. The minimum atomic E-state index is -0.811. The average molecular weight is 403 g/mol. The summed E-state index contributed by atoms with van der Waals surface area (Å²) >= 11 is 5.90. The van der Waals surface area contributed by atoms with E-state index in [-0.39, 0.29) is 12.0 Å². The van der Waals surface area contributed by atoms with Crippen molar-refractivity contribution < 1.29 is 23.4 Å². The van der Waals surface area contributed by atoms with Gasteiger partial charge in [0.1, 0.15) is 24.2 Å². The lowest BCUT2D eigenvalue weighted by molar-refractivity contribution is -0.152. The topological polar surface area (TPSA) is 75.0 Å². The minimum Gasteiger partial charge on any atom is -0.479 e. The molecule has 3 rings (SSSR count). The molecule has 0 aliphatic heterocycles. The minimum absolute atomic E-state index is 0.156. The van der Waals surface area contributed by atoms with Gasteiger partial charge in [0.05, 0.1) is 17.6 Å². The number of ether oxygens (including phenoxy) is 3. The molecule has 1 aromatic heterocycles. The number of halogens is 1. The quantitative estimate of drug-likeness (QED) is 0.438. The first-order chi connectivity index (χ1) is 13.5. The Bertz CT molecular complexity index is 1030. The van der Waals surface area contributed by atoms with Crippen molar-refractivity contribution in [2.24, 2.45) is 0 Å². The Kier molecular flexibility index (Phi) is 6.34. The molecular formula is C21H19ClO6. The maximum absolute atomic E-state index is 12.8. The highest BCUT2D eigenvalue weighted by Gasteiger charge is 2.17. The first-order valence-electron chi connectivity index (χ1n) is 8.63. The van der Waals surface area contributed by atoms with E-state index in [0.717, 1.165) is 0 Å². The van der Waals surface area contributed by atoms with Gasteiger partial charge in [-0.1, -0.05) is 23.7 Å². The molecule has 0 bridgehead atoms. The van der Waals surface area contributed by atoms with Gasteiger partial charge in [0.25, 0.3) is 0 Å². The van der Waals surface area contributed by atoms with Crippen LogP contribution in [0.4, 0.5) is 0 Å². The molecule has 6 nitrogen and oxygen atoms in total. The molecule has 0 aliphatic carbocycles. The SMILES string of the molecule is COCCOC(=O)C(C)Oc1ccc2c(=O)c(-c3ccc(Cl)cc3)coc2c1. The zero-order valence-electron chi connectivity index (χ0n) is 15.4. The fraction of sp³-hybridized carbons (Fsp3) is 0.238. The predicted molar refractivity (Wildman–Crippen MR) is 106 cm³/mol. The fourth-order valence-corrected chi connectivity index (χ4v) is 2.73. The summed E-state index contributed by atoms with van der Waals surface area (Å²) in [7, 11) is 1.52. The van der Waals surface area contributed by atoms with Crippen molar-refractivity contribution in [2.45, 2.75) is 13.0 Å². The molecule has 0 fully saturated rings. The number of methoxy groups -OCH3 is 1. The first-order valence-corrected chi connectivity index (χ1v) is 9.01. The van der Waals surface area contributed by atoms with Gasteiger partial charge in [-0.3, -0.25) is 4.79 Å². The molecule has 3 aromatic rings. The van der Waals surface area contributed by atoms with Crippen LogP contribution in [-0.2, 0) is 14.3 Å². The molecule has 1 atom stereocenters. The number of esters is 1. The predicted octanol–water partition coefficient (Wildman–Crippen LogP) is 4.07. The van der Waals surface area contributed by atoms with Crippen molar-refractivity contribution in [2.75, 3.05) is 20.3 Å². The summed E-state index contributed by atoms with van der Waals surface area (Å²) < 4.78 is 21.1. The van der Waals surface area contributed by atoms with E-state index in [9.17, 15) is 9.59 Å². The third kappa shape index (κ3) is 4.52. The molecular weight excluding hydrogens is 384 g/mol. The highest BCUT2D eigenvalue weighted by molar-refractivity contribution is 6.30. The van der Waals surface area contributed by atoms with Gasteiger partial charge in [-0.2, -0.15) is 0 Å². The van der Waals surface area contributed by atoms with Crippen LogP contribution in [0, 0.1) is 0 Å². The molecule has 28 heavy (non-hydrogen) atoms. The smallest absolute Gasteiger partial charge is 0.347 e. The second-order valence-electron chi connectivity index (χ2n) is 6.06. The van der Waals surface area contributed by atoms with Crippen LogP contribution in [-0.4, -0.2) is 32.4 Å². The molecule has 7 heteroatoms. The summed E-state index contributed by atoms with van der Waals surface area (Å²) in [4.78, 5) is 24.7. The Morgan fingerprint density at radius 3 is 2.61 bits per heavy atom. The van der Waals surface area contributed by atoms with Gasteiger partial charge in [0, 0.05) is 18.2 Å². The van der Waals surface area contributed by atoms with E-state index >= 15 is 0 Å². The van der Waals surface area contributed by atoms with E-state index in [4.69, 9.17) is 30.2 Å². The first kappa shape index (κ1) is 19.9. The van der Waals surface area contributed by atoms with Crippen LogP contribution in [0.5, 0.6) is 5.75 Å². The summed E-state index contributed by atoms with van der Waals surface area (Å²) in [6.45, 7) is 2.05. The van der Waals surface area contributed by atoms with E-state index in [1.54, 1.807) is 49.4 Å². The molecule has 0 aliphatic rings. The monoisotopic (exact) mass is 402 g/mol. The Morgan fingerprint density at radius 1 is 1.14 bits per heavy atom. The van der Waals surface area contributed by atoms with E-state index in [0.29, 0.717) is 39.5 Å². The van der Waals surface area contributed by atoms with Crippen molar-refractivity contribution in [1.82, 2.24) is 0 Å². The molecule has 0 radical (unpaired) electrons. The van der Waals surface area contributed by atoms with Gasteiger partial charge in [0.2, 0.25) is 0 Å². The number of hydrogen-bond acceptors (Lipinski definition) is 6. The highest BCUT2D eigenvalue weighted by atomic mass is 35.5. The Labute approximate surface area is 166 Å². The van der Waals surface area contributed by atoms with Crippen LogP contribution in [0.25, 0.3) is 22.1 Å². The van der Waals surface area contributed by atoms with Crippen LogP contribution >= 0.6 is 11.6 Å². The van der Waals surface area contributed by atoms with Gasteiger partial charge in [-0.05, 0) is 36.8 Å². The van der Waals surface area contributed by atoms with Crippen LogP contribution < -0.4 is 10.2 Å². The maximum atomic E-state index is 12.8. The molecule has 146 valence electrons. The number of benzene rings is 2. The van der Waals surface area contributed by atoms with E-state index in [1.807, 2.05) is 0 Å². The van der Waals surface area contributed by atoms with Crippen molar-refractivity contribution in [1.29, 1.82) is 0 Å². The molecule has 0 saturated heterocycles. The van der Waals surface area contributed by atoms with E-state index < -0.39 is 12.1 Å². The normalized spacial score (nSPS) is 12.0. The lowest BCUT2D eigenvalue weighted by Crippen LogP contribution is -2.27. The number of carbonyl (C=O) groups excluding carboxylic acids is 1. The summed E-state index contributed by atoms with van der Waals surface area (Å²) in [5.74, 6) is -0.109. The van der Waals surface area contributed by atoms with Crippen molar-refractivity contribution in [3.8, 4) is 16.9 Å². The van der Waals surface area contributed by atoms with Crippen molar-refractivity contribution in [3.63, 3.8) is 0 Å². The Hall–Kier alpha value is -2.83. The number of rotatable bonds is 7. The lowest BCUT2D eigenvalue weighted by Gasteiger charge is -2.14. The summed E-state index contributed by atoms with van der Waals surface area (Å²) in [6, 6.07) is 11.7. The van der Waals surface area contributed by atoms with Gasteiger partial charge in [-0.25, -0.2) is 4.79 Å². The van der Waals surface area contributed by atoms with Crippen molar-refractivity contribution >= 4 is 28.5 Å². The van der Waals surface area contributed by atoms with Crippen molar-refractivity contribution in [3.05, 3.63) is 64.0 Å². The summed E-state index contributed by atoms with van der Waals surface area (Å²) in [5.41, 5.74) is 1.35. The summed E-state index contributed by atoms with van der Waals surface area (Å²) in [6.07, 6.45) is 0.592. The lowest BCUT2D eigenvalue weighted by atomic mass is 10.1. The Morgan fingerprint density at radius 2 is 1.89 bits per heavy atom. The number of carbonyl (C=O) groups is 1. The average Bonchev–Trinajstić information content (AvgIpc) is 2.69. The second-order valence-corrected chi connectivity index (χ2v) is 6.50. The van der Waals surface area contributed by atoms with Gasteiger partial charge in [0.15, 0.2) is 11.5 Å². The molecule has 0 N–H and O–H groups in total. The van der Waals surface area contributed by atoms with E-state index in [1.165, 1.54) is 13.4 Å². The standard InChI is InChI=1S/C21H19ClO6/c1-13(21(24)26-10-9-25-2)28-16-7-8-17-19(11-16)27-12-18(20(17)23)14-3-5-15(22)6-4-14/h3-8,11-13H,9-10H2,1-2H3. The molecule has 0 spiro atoms. The van der Waals surface area contributed by atoms with Crippen LogP contribution in [0.2, 0.25) is 5.02 Å². The highest BCUT2D eigenvalue weighted by Crippen LogP contribution is 2.24. The molecule has 1 unspecified atom stereocenters. The molecule has 0 saturated carbocycles. The molecule has 1 heterocycles. The van der Waals surface area contributed by atoms with Gasteiger partial charge in [-0.15, -0.1) is 0 Å². The van der Waals surface area contributed by atoms with Gasteiger partial charge < -0.3 is 18.6 Å². The number of hydrogen-bond donors (Lipinski definition) is 0. The van der Waals surface area contributed by atoms with E-state index in [2.05, 4.69) is 0 Å². The molecule has 0 amide bonds.